The zero-order valence-electron chi connectivity index (χ0n) is 15.4. The monoisotopic (exact) mass is 361 g/mol. The third-order valence-corrected chi connectivity index (χ3v) is 4.96. The van der Waals surface area contributed by atoms with Gasteiger partial charge < -0.3 is 20.1 Å². The van der Waals surface area contributed by atoms with Crippen molar-refractivity contribution in [2.24, 2.45) is 4.99 Å². The number of para-hydroxylation sites is 1. The number of hydrogen-bond acceptors (Lipinski definition) is 4. The van der Waals surface area contributed by atoms with Gasteiger partial charge >= 0.3 is 0 Å². The van der Waals surface area contributed by atoms with Gasteiger partial charge in [0.1, 0.15) is 0 Å². The highest BCUT2D eigenvalue weighted by Gasteiger charge is 2.09. The van der Waals surface area contributed by atoms with Gasteiger partial charge in [-0.05, 0) is 31.5 Å². The molecule has 0 saturated carbocycles. The van der Waals surface area contributed by atoms with Crippen LogP contribution in [0.15, 0.2) is 35.3 Å². The second-order valence-corrected chi connectivity index (χ2v) is 6.68. The van der Waals surface area contributed by atoms with E-state index in [1.165, 1.54) is 9.75 Å². The van der Waals surface area contributed by atoms with Gasteiger partial charge in [0.25, 0.3) is 0 Å². The molecule has 0 aliphatic heterocycles. The number of methoxy groups -OCH3 is 2. The summed E-state index contributed by atoms with van der Waals surface area (Å²) in [4.78, 5) is 7.38. The first-order valence-corrected chi connectivity index (χ1v) is 9.33. The Morgan fingerprint density at radius 2 is 1.84 bits per heavy atom. The van der Waals surface area contributed by atoms with E-state index in [1.54, 1.807) is 14.2 Å². The van der Waals surface area contributed by atoms with Gasteiger partial charge in [-0.3, -0.25) is 0 Å². The third kappa shape index (κ3) is 5.39. The Hall–Kier alpha value is -2.21. The smallest absolute Gasteiger partial charge is 0.191 e. The fraction of sp³-hybridized carbons (Fsp3) is 0.421. The Bertz CT molecular complexity index is 698. The maximum atomic E-state index is 5.47. The third-order valence-electron chi connectivity index (χ3n) is 3.73. The molecule has 5 nitrogen and oxygen atoms in total. The highest BCUT2D eigenvalue weighted by atomic mass is 32.1. The molecule has 2 N–H and O–H groups in total. The first-order valence-electron chi connectivity index (χ1n) is 8.51. The van der Waals surface area contributed by atoms with Crippen molar-refractivity contribution in [2.45, 2.75) is 33.4 Å². The standard InChI is InChI=1S/C19H27N3O2S/c1-5-15-10-11-16(25-15)13-22-19(20-6-2)21-12-14-8-7-9-17(23-3)18(14)24-4/h7-11H,5-6,12-13H2,1-4H3,(H2,20,21,22). The lowest BCUT2D eigenvalue weighted by molar-refractivity contribution is 0.352. The van der Waals surface area contributed by atoms with E-state index in [0.29, 0.717) is 6.54 Å². The molecule has 0 aliphatic rings. The van der Waals surface area contributed by atoms with Crippen LogP contribution in [0.2, 0.25) is 0 Å². The lowest BCUT2D eigenvalue weighted by Crippen LogP contribution is -2.36. The van der Waals surface area contributed by atoms with E-state index in [1.807, 2.05) is 29.5 Å². The molecule has 2 aromatic rings. The number of nitrogens with one attached hydrogen (secondary N) is 2. The van der Waals surface area contributed by atoms with Crippen LogP contribution < -0.4 is 20.1 Å². The quantitative estimate of drug-likeness (QED) is 0.557. The molecule has 0 atom stereocenters. The van der Waals surface area contributed by atoms with Crippen molar-refractivity contribution >= 4 is 17.3 Å². The van der Waals surface area contributed by atoms with Crippen LogP contribution in [-0.4, -0.2) is 26.7 Å². The number of aryl methyl sites for hydroxylation is 1. The first kappa shape index (κ1) is 19.1. The van der Waals surface area contributed by atoms with Crippen LogP contribution in [-0.2, 0) is 19.5 Å². The highest BCUT2D eigenvalue weighted by Crippen LogP contribution is 2.31. The van der Waals surface area contributed by atoms with Crippen molar-refractivity contribution in [3.05, 3.63) is 45.6 Å². The van der Waals surface area contributed by atoms with Gasteiger partial charge in [0.2, 0.25) is 0 Å². The van der Waals surface area contributed by atoms with Crippen molar-refractivity contribution in [2.75, 3.05) is 20.8 Å². The number of nitrogens with zero attached hydrogens (tertiary/aromatic N) is 1. The summed E-state index contributed by atoms with van der Waals surface area (Å²) in [7, 11) is 3.29. The maximum absolute atomic E-state index is 5.47. The number of hydrogen-bond donors (Lipinski definition) is 2. The van der Waals surface area contributed by atoms with Crippen molar-refractivity contribution in [3.8, 4) is 11.5 Å². The van der Waals surface area contributed by atoms with Gasteiger partial charge in [-0.2, -0.15) is 0 Å². The molecule has 0 aliphatic carbocycles. The average Bonchev–Trinajstić information content (AvgIpc) is 3.11. The van der Waals surface area contributed by atoms with E-state index in [-0.39, 0.29) is 0 Å². The summed E-state index contributed by atoms with van der Waals surface area (Å²) in [5.41, 5.74) is 0.989. The Morgan fingerprint density at radius 1 is 1.04 bits per heavy atom. The van der Waals surface area contributed by atoms with E-state index in [4.69, 9.17) is 9.47 Å². The van der Waals surface area contributed by atoms with Gasteiger partial charge in [-0.1, -0.05) is 19.1 Å². The van der Waals surface area contributed by atoms with Crippen LogP contribution in [0.4, 0.5) is 0 Å². The van der Waals surface area contributed by atoms with Gasteiger partial charge in [0.05, 0.1) is 27.3 Å². The fourth-order valence-corrected chi connectivity index (χ4v) is 3.36. The van der Waals surface area contributed by atoms with Gasteiger partial charge in [0, 0.05) is 21.9 Å². The van der Waals surface area contributed by atoms with E-state index in [2.05, 4.69) is 41.6 Å². The van der Waals surface area contributed by atoms with Gasteiger partial charge in [-0.15, -0.1) is 11.3 Å². The van der Waals surface area contributed by atoms with Crippen molar-refractivity contribution in [1.29, 1.82) is 0 Å². The summed E-state index contributed by atoms with van der Waals surface area (Å²) < 4.78 is 10.8. The number of ether oxygens (including phenoxy) is 2. The van der Waals surface area contributed by atoms with Crippen LogP contribution in [0.3, 0.4) is 0 Å². The Morgan fingerprint density at radius 3 is 2.48 bits per heavy atom. The predicted octanol–water partition coefficient (Wildman–Crippen LogP) is 3.58. The van der Waals surface area contributed by atoms with Crippen molar-refractivity contribution < 1.29 is 9.47 Å². The topological polar surface area (TPSA) is 54.9 Å². The molecule has 136 valence electrons. The van der Waals surface area contributed by atoms with Crippen molar-refractivity contribution in [1.82, 2.24) is 10.6 Å². The van der Waals surface area contributed by atoms with Crippen molar-refractivity contribution in [3.63, 3.8) is 0 Å². The normalized spacial score (nSPS) is 11.3. The number of aliphatic imine (C=N–C) groups is 1. The Kier molecular flexibility index (Phi) is 7.60. The van der Waals surface area contributed by atoms with Crippen LogP contribution in [0.1, 0.15) is 29.2 Å². The maximum Gasteiger partial charge on any atom is 0.191 e. The highest BCUT2D eigenvalue weighted by molar-refractivity contribution is 7.11. The van der Waals surface area contributed by atoms with E-state index < -0.39 is 0 Å². The minimum atomic E-state index is 0.514. The van der Waals surface area contributed by atoms with Crippen LogP contribution in [0, 0.1) is 0 Å². The second-order valence-electron chi connectivity index (χ2n) is 5.42. The van der Waals surface area contributed by atoms with E-state index in [9.17, 15) is 0 Å². The zero-order valence-corrected chi connectivity index (χ0v) is 16.2. The molecule has 0 bridgehead atoms. The molecule has 0 saturated heterocycles. The number of rotatable bonds is 8. The molecule has 1 heterocycles. The molecule has 25 heavy (non-hydrogen) atoms. The Labute approximate surface area is 154 Å². The summed E-state index contributed by atoms with van der Waals surface area (Å²) in [5, 5.41) is 6.67. The molecular weight excluding hydrogens is 334 g/mol. The number of guanidine groups is 1. The molecular formula is C19H27N3O2S. The Balaban J connectivity index is 2.06. The molecule has 1 aromatic carbocycles. The molecule has 0 spiro atoms. The summed E-state index contributed by atoms with van der Waals surface area (Å²) >= 11 is 1.84. The minimum Gasteiger partial charge on any atom is -0.493 e. The molecule has 6 heteroatoms. The molecule has 2 rings (SSSR count). The summed E-state index contributed by atoms with van der Waals surface area (Å²) in [5.74, 6) is 2.24. The number of benzene rings is 1. The fourth-order valence-electron chi connectivity index (χ4n) is 2.46. The lowest BCUT2D eigenvalue weighted by Gasteiger charge is -2.13. The molecule has 0 unspecified atom stereocenters. The summed E-state index contributed by atoms with van der Waals surface area (Å²) in [6, 6.07) is 10.2. The van der Waals surface area contributed by atoms with E-state index in [0.717, 1.165) is 42.5 Å². The molecule has 0 radical (unpaired) electrons. The van der Waals surface area contributed by atoms with Gasteiger partial charge in [0.15, 0.2) is 17.5 Å². The van der Waals surface area contributed by atoms with Crippen LogP contribution in [0.5, 0.6) is 11.5 Å². The molecule has 0 amide bonds. The SMILES string of the molecule is CCNC(=NCc1cccc(OC)c1OC)NCc1ccc(CC)s1. The first-order chi connectivity index (χ1) is 12.2. The zero-order chi connectivity index (χ0) is 18.1. The molecule has 1 aromatic heterocycles. The largest absolute Gasteiger partial charge is 0.493 e. The second kappa shape index (κ2) is 9.93. The van der Waals surface area contributed by atoms with Crippen LogP contribution >= 0.6 is 11.3 Å². The lowest BCUT2D eigenvalue weighted by atomic mass is 10.2. The van der Waals surface area contributed by atoms with Crippen LogP contribution in [0.25, 0.3) is 0 Å². The summed E-state index contributed by atoms with van der Waals surface area (Å²) in [6.45, 7) is 6.33. The number of thiophene rings is 1. The van der Waals surface area contributed by atoms with Gasteiger partial charge in [-0.25, -0.2) is 4.99 Å². The summed E-state index contributed by atoms with van der Waals surface area (Å²) in [6.07, 6.45) is 1.08. The minimum absolute atomic E-state index is 0.514. The van der Waals surface area contributed by atoms with E-state index >= 15 is 0 Å². The predicted molar refractivity (Wildman–Crippen MR) is 105 cm³/mol. The average molecular weight is 362 g/mol. The molecule has 0 fully saturated rings.